The van der Waals surface area contributed by atoms with E-state index in [2.05, 4.69) is 20.6 Å². The molecule has 6 nitrogen and oxygen atoms in total. The van der Waals surface area contributed by atoms with Gasteiger partial charge in [0.1, 0.15) is 5.82 Å². The minimum absolute atomic E-state index is 0.00639. The summed E-state index contributed by atoms with van der Waals surface area (Å²) in [5, 5.41) is 6.21. The molecule has 6 heteroatoms. The number of aromatic nitrogens is 2. The maximum atomic E-state index is 11.7. The van der Waals surface area contributed by atoms with Crippen molar-refractivity contribution in [2.45, 2.75) is 38.3 Å². The SMILES string of the molecule is CC1(C)NC(c2nc3c([nH]2)CCCO3)CNC1=O. The molecule has 1 fully saturated rings. The third-order valence-corrected chi connectivity index (χ3v) is 3.47. The van der Waals surface area contributed by atoms with Crippen LogP contribution in [0.1, 0.15) is 37.8 Å². The van der Waals surface area contributed by atoms with Gasteiger partial charge in [-0.2, -0.15) is 4.98 Å². The van der Waals surface area contributed by atoms with Gasteiger partial charge in [-0.15, -0.1) is 0 Å². The number of amides is 1. The van der Waals surface area contributed by atoms with Crippen LogP contribution in [-0.4, -0.2) is 34.6 Å². The van der Waals surface area contributed by atoms with Crippen molar-refractivity contribution >= 4 is 5.91 Å². The monoisotopic (exact) mass is 250 g/mol. The number of imidazole rings is 1. The summed E-state index contributed by atoms with van der Waals surface area (Å²) < 4.78 is 5.51. The zero-order valence-corrected chi connectivity index (χ0v) is 10.7. The van der Waals surface area contributed by atoms with Crippen LogP contribution in [-0.2, 0) is 11.2 Å². The average molecular weight is 250 g/mol. The Morgan fingerprint density at radius 3 is 3.00 bits per heavy atom. The molecular formula is C12H18N4O2. The van der Waals surface area contributed by atoms with Crippen molar-refractivity contribution in [1.29, 1.82) is 0 Å². The lowest BCUT2D eigenvalue weighted by molar-refractivity contribution is -0.128. The van der Waals surface area contributed by atoms with Crippen molar-refractivity contribution < 1.29 is 9.53 Å². The molecule has 0 bridgehead atoms. The number of carbonyl (C=O) groups is 1. The molecule has 1 unspecified atom stereocenters. The summed E-state index contributed by atoms with van der Waals surface area (Å²) >= 11 is 0. The van der Waals surface area contributed by atoms with Crippen molar-refractivity contribution in [3.63, 3.8) is 0 Å². The fourth-order valence-corrected chi connectivity index (χ4v) is 2.42. The van der Waals surface area contributed by atoms with Crippen molar-refractivity contribution in [3.8, 4) is 5.88 Å². The zero-order valence-electron chi connectivity index (χ0n) is 10.7. The highest BCUT2D eigenvalue weighted by Crippen LogP contribution is 2.26. The van der Waals surface area contributed by atoms with Crippen molar-refractivity contribution in [2.24, 2.45) is 0 Å². The lowest BCUT2D eigenvalue weighted by Gasteiger charge is -2.35. The maximum absolute atomic E-state index is 11.7. The van der Waals surface area contributed by atoms with Crippen LogP contribution in [0.4, 0.5) is 0 Å². The smallest absolute Gasteiger partial charge is 0.239 e. The Balaban J connectivity index is 1.83. The predicted molar refractivity (Wildman–Crippen MR) is 65.4 cm³/mol. The van der Waals surface area contributed by atoms with Crippen molar-refractivity contribution in [3.05, 3.63) is 11.5 Å². The Kier molecular flexibility index (Phi) is 2.55. The number of hydrogen-bond donors (Lipinski definition) is 3. The van der Waals surface area contributed by atoms with Gasteiger partial charge in [-0.05, 0) is 26.7 Å². The molecule has 98 valence electrons. The van der Waals surface area contributed by atoms with E-state index in [1.165, 1.54) is 0 Å². The number of aryl methyl sites for hydroxylation is 1. The highest BCUT2D eigenvalue weighted by atomic mass is 16.5. The van der Waals surface area contributed by atoms with E-state index in [1.54, 1.807) is 0 Å². The minimum atomic E-state index is -0.572. The van der Waals surface area contributed by atoms with Crippen LogP contribution in [0, 0.1) is 0 Å². The van der Waals surface area contributed by atoms with Crippen LogP contribution < -0.4 is 15.4 Å². The van der Waals surface area contributed by atoms with Gasteiger partial charge in [0.25, 0.3) is 0 Å². The van der Waals surface area contributed by atoms with E-state index in [0.717, 1.165) is 31.0 Å². The molecule has 0 aliphatic carbocycles. The zero-order chi connectivity index (χ0) is 12.8. The van der Waals surface area contributed by atoms with Crippen LogP contribution in [0.2, 0.25) is 0 Å². The van der Waals surface area contributed by atoms with Gasteiger partial charge in [0.2, 0.25) is 11.8 Å². The lowest BCUT2D eigenvalue weighted by atomic mass is 9.99. The van der Waals surface area contributed by atoms with E-state index < -0.39 is 5.54 Å². The number of hydrogen-bond acceptors (Lipinski definition) is 4. The largest absolute Gasteiger partial charge is 0.476 e. The first-order valence-electron chi connectivity index (χ1n) is 6.34. The summed E-state index contributed by atoms with van der Waals surface area (Å²) in [7, 11) is 0. The second-order valence-electron chi connectivity index (χ2n) is 5.39. The maximum Gasteiger partial charge on any atom is 0.239 e. The molecule has 0 saturated carbocycles. The first-order valence-corrected chi connectivity index (χ1v) is 6.34. The number of H-pyrrole nitrogens is 1. The van der Waals surface area contributed by atoms with E-state index in [4.69, 9.17) is 4.74 Å². The van der Waals surface area contributed by atoms with E-state index in [9.17, 15) is 4.79 Å². The summed E-state index contributed by atoms with van der Waals surface area (Å²) in [6.07, 6.45) is 2.00. The summed E-state index contributed by atoms with van der Waals surface area (Å²) in [4.78, 5) is 19.4. The molecule has 3 heterocycles. The number of rotatable bonds is 1. The molecular weight excluding hydrogens is 232 g/mol. The van der Waals surface area contributed by atoms with Gasteiger partial charge >= 0.3 is 0 Å². The highest BCUT2D eigenvalue weighted by molar-refractivity contribution is 5.86. The topological polar surface area (TPSA) is 79.0 Å². The Morgan fingerprint density at radius 1 is 1.44 bits per heavy atom. The summed E-state index contributed by atoms with van der Waals surface area (Å²) in [5.41, 5.74) is 0.490. The van der Waals surface area contributed by atoms with Gasteiger partial charge in [-0.25, -0.2) is 0 Å². The van der Waals surface area contributed by atoms with Gasteiger partial charge in [0.15, 0.2) is 0 Å². The van der Waals surface area contributed by atoms with E-state index >= 15 is 0 Å². The third-order valence-electron chi connectivity index (χ3n) is 3.47. The molecule has 1 saturated heterocycles. The summed E-state index contributed by atoms with van der Waals surface area (Å²) in [6.45, 7) is 5.02. The van der Waals surface area contributed by atoms with Gasteiger partial charge in [-0.3, -0.25) is 10.1 Å². The minimum Gasteiger partial charge on any atom is -0.476 e. The molecule has 1 atom stereocenters. The fraction of sp³-hybridized carbons (Fsp3) is 0.667. The molecule has 0 radical (unpaired) electrons. The van der Waals surface area contributed by atoms with Gasteiger partial charge in [0, 0.05) is 6.54 Å². The number of piperazine rings is 1. The van der Waals surface area contributed by atoms with Crippen molar-refractivity contribution in [2.75, 3.05) is 13.2 Å². The third kappa shape index (κ3) is 1.86. The fourth-order valence-electron chi connectivity index (χ4n) is 2.42. The standard InChI is InChI=1S/C12H18N4O2/c1-12(2)11(17)13-6-8(16-12)9-14-7-4-3-5-18-10(7)15-9/h8,16H,3-6H2,1-2H3,(H,13,17)(H,14,15). The van der Waals surface area contributed by atoms with E-state index in [1.807, 2.05) is 13.8 Å². The molecule has 0 spiro atoms. The molecule has 2 aliphatic heterocycles. The van der Waals surface area contributed by atoms with E-state index in [-0.39, 0.29) is 11.9 Å². The van der Waals surface area contributed by atoms with Gasteiger partial charge in [0.05, 0.1) is 23.9 Å². The summed E-state index contributed by atoms with van der Waals surface area (Å²) in [5.74, 6) is 1.58. The van der Waals surface area contributed by atoms with Crippen LogP contribution in [0.5, 0.6) is 5.88 Å². The molecule has 0 aromatic carbocycles. The Bertz CT molecular complexity index is 457. The van der Waals surface area contributed by atoms with Crippen LogP contribution in [0.3, 0.4) is 0 Å². The Morgan fingerprint density at radius 2 is 2.28 bits per heavy atom. The normalized spacial score (nSPS) is 26.1. The molecule has 18 heavy (non-hydrogen) atoms. The molecule has 1 aromatic heterocycles. The number of fused-ring (bicyclic) bond motifs is 1. The Labute approximate surface area is 106 Å². The molecule has 1 aromatic rings. The number of aromatic amines is 1. The van der Waals surface area contributed by atoms with Crippen LogP contribution in [0.15, 0.2) is 0 Å². The van der Waals surface area contributed by atoms with Gasteiger partial charge in [-0.1, -0.05) is 0 Å². The summed E-state index contributed by atoms with van der Waals surface area (Å²) in [6, 6.07) is 0.00639. The number of carbonyl (C=O) groups excluding carboxylic acids is 1. The Hall–Kier alpha value is -1.56. The number of ether oxygens (including phenoxy) is 1. The van der Waals surface area contributed by atoms with E-state index in [0.29, 0.717) is 12.4 Å². The average Bonchev–Trinajstić information content (AvgIpc) is 2.76. The highest BCUT2D eigenvalue weighted by Gasteiger charge is 2.36. The first-order chi connectivity index (χ1) is 8.56. The van der Waals surface area contributed by atoms with Crippen LogP contribution >= 0.6 is 0 Å². The molecule has 1 amide bonds. The number of nitrogens with zero attached hydrogens (tertiary/aromatic N) is 1. The molecule has 3 N–H and O–H groups in total. The lowest BCUT2D eigenvalue weighted by Crippen LogP contribution is -2.61. The number of nitrogens with one attached hydrogen (secondary N) is 3. The predicted octanol–water partition coefficient (Wildman–Crippen LogP) is 0.274. The quantitative estimate of drug-likeness (QED) is 0.668. The second kappa shape index (κ2) is 3.98. The second-order valence-corrected chi connectivity index (χ2v) is 5.39. The van der Waals surface area contributed by atoms with Crippen molar-refractivity contribution in [1.82, 2.24) is 20.6 Å². The van der Waals surface area contributed by atoms with Gasteiger partial charge < -0.3 is 15.0 Å². The first kappa shape index (κ1) is 11.5. The van der Waals surface area contributed by atoms with Crippen LogP contribution in [0.25, 0.3) is 0 Å². The molecule has 2 aliphatic rings. The molecule has 3 rings (SSSR count).